The maximum atomic E-state index is 12.3. The zero-order chi connectivity index (χ0) is 18.6. The largest absolute Gasteiger partial charge is 0.486 e. The molecule has 1 amide bonds. The average molecular weight is 389 g/mol. The van der Waals surface area contributed by atoms with Crippen molar-refractivity contribution in [3.8, 4) is 11.5 Å². The Morgan fingerprint density at radius 2 is 1.96 bits per heavy atom. The summed E-state index contributed by atoms with van der Waals surface area (Å²) in [5.41, 5.74) is 0.668. The van der Waals surface area contributed by atoms with Gasteiger partial charge in [0.1, 0.15) is 13.2 Å². The highest BCUT2D eigenvalue weighted by atomic mass is 32.2. The lowest BCUT2D eigenvalue weighted by molar-refractivity contribution is -0.113. The Kier molecular flexibility index (Phi) is 5.38. The van der Waals surface area contributed by atoms with E-state index in [1.165, 1.54) is 35.7 Å². The van der Waals surface area contributed by atoms with Gasteiger partial charge in [0.15, 0.2) is 17.3 Å². The van der Waals surface area contributed by atoms with Crippen LogP contribution in [0, 0.1) is 0 Å². The van der Waals surface area contributed by atoms with E-state index in [0.29, 0.717) is 41.5 Å². The Labute approximate surface area is 161 Å². The summed E-state index contributed by atoms with van der Waals surface area (Å²) >= 11 is 1.28. The van der Waals surface area contributed by atoms with E-state index in [1.807, 2.05) is 0 Å². The molecule has 9 heteroatoms. The smallest absolute Gasteiger partial charge is 0.234 e. The van der Waals surface area contributed by atoms with Crippen LogP contribution in [0.15, 0.2) is 23.4 Å². The van der Waals surface area contributed by atoms with Gasteiger partial charge in [-0.2, -0.15) is 0 Å². The van der Waals surface area contributed by atoms with Gasteiger partial charge < -0.3 is 20.6 Å². The molecule has 2 heterocycles. The Morgan fingerprint density at radius 3 is 2.78 bits per heavy atom. The molecule has 0 radical (unpaired) electrons. The molecule has 0 saturated heterocycles. The Bertz CT molecular complexity index is 819. The SMILES string of the molecule is Nn1c(SCC(=O)Nc2ccc3c(c2)OCCO3)nnc1C1CCCCC1. The molecule has 1 aromatic heterocycles. The van der Waals surface area contributed by atoms with Crippen LogP contribution in [0.5, 0.6) is 11.5 Å². The van der Waals surface area contributed by atoms with Gasteiger partial charge in [-0.3, -0.25) is 4.79 Å². The summed E-state index contributed by atoms with van der Waals surface area (Å²) in [5, 5.41) is 11.8. The lowest BCUT2D eigenvalue weighted by Crippen LogP contribution is -2.20. The molecule has 2 aromatic rings. The number of fused-ring (bicyclic) bond motifs is 1. The third-order valence-electron chi connectivity index (χ3n) is 4.82. The fourth-order valence-electron chi connectivity index (χ4n) is 3.47. The first-order chi connectivity index (χ1) is 13.2. The lowest BCUT2D eigenvalue weighted by Gasteiger charge is -2.20. The molecule has 0 bridgehead atoms. The summed E-state index contributed by atoms with van der Waals surface area (Å²) in [6.45, 7) is 1.05. The number of ether oxygens (including phenoxy) is 2. The normalized spacial score (nSPS) is 16.9. The fraction of sp³-hybridized carbons (Fsp3) is 0.500. The summed E-state index contributed by atoms with van der Waals surface area (Å²) in [6, 6.07) is 5.36. The molecule has 1 saturated carbocycles. The van der Waals surface area contributed by atoms with Gasteiger partial charge in [-0.05, 0) is 25.0 Å². The number of rotatable bonds is 5. The van der Waals surface area contributed by atoms with Crippen LogP contribution in [0.25, 0.3) is 0 Å². The summed E-state index contributed by atoms with van der Waals surface area (Å²) in [7, 11) is 0. The van der Waals surface area contributed by atoms with Crippen molar-refractivity contribution < 1.29 is 14.3 Å². The number of carbonyl (C=O) groups is 1. The van der Waals surface area contributed by atoms with Gasteiger partial charge in [-0.1, -0.05) is 31.0 Å². The van der Waals surface area contributed by atoms with Crippen molar-refractivity contribution in [2.24, 2.45) is 0 Å². The van der Waals surface area contributed by atoms with E-state index in [2.05, 4.69) is 15.5 Å². The number of hydrogen-bond donors (Lipinski definition) is 2. The van der Waals surface area contributed by atoms with Gasteiger partial charge in [0.25, 0.3) is 0 Å². The first-order valence-corrected chi connectivity index (χ1v) is 10.2. The Morgan fingerprint density at radius 1 is 1.19 bits per heavy atom. The Balaban J connectivity index is 1.33. The quantitative estimate of drug-likeness (QED) is 0.598. The van der Waals surface area contributed by atoms with Crippen LogP contribution in [0.1, 0.15) is 43.8 Å². The summed E-state index contributed by atoms with van der Waals surface area (Å²) < 4.78 is 12.6. The zero-order valence-electron chi connectivity index (χ0n) is 15.0. The van der Waals surface area contributed by atoms with Crippen molar-refractivity contribution in [3.63, 3.8) is 0 Å². The van der Waals surface area contributed by atoms with Gasteiger partial charge in [-0.25, -0.2) is 4.68 Å². The molecule has 0 spiro atoms. The number of hydrogen-bond acceptors (Lipinski definition) is 7. The van der Waals surface area contributed by atoms with Gasteiger partial charge >= 0.3 is 0 Å². The topological polar surface area (TPSA) is 104 Å². The van der Waals surface area contributed by atoms with Crippen molar-refractivity contribution >= 4 is 23.4 Å². The number of nitrogen functional groups attached to an aromatic ring is 1. The molecule has 0 atom stereocenters. The molecule has 1 aromatic carbocycles. The van der Waals surface area contributed by atoms with E-state index < -0.39 is 0 Å². The average Bonchev–Trinajstić information content (AvgIpc) is 3.07. The fourth-order valence-corrected chi connectivity index (χ4v) is 4.14. The van der Waals surface area contributed by atoms with Gasteiger partial charge in [0.2, 0.25) is 11.1 Å². The molecule has 27 heavy (non-hydrogen) atoms. The first kappa shape index (κ1) is 18.0. The number of nitrogens with zero attached hydrogens (tertiary/aromatic N) is 3. The molecule has 144 valence electrons. The maximum absolute atomic E-state index is 12.3. The van der Waals surface area contributed by atoms with Crippen molar-refractivity contribution in [3.05, 3.63) is 24.0 Å². The van der Waals surface area contributed by atoms with E-state index >= 15 is 0 Å². The van der Waals surface area contributed by atoms with Crippen LogP contribution < -0.4 is 20.6 Å². The molecule has 2 aliphatic rings. The predicted octanol–water partition coefficient (Wildman–Crippen LogP) is 2.54. The van der Waals surface area contributed by atoms with Gasteiger partial charge in [-0.15, -0.1) is 10.2 Å². The van der Waals surface area contributed by atoms with Crippen LogP contribution >= 0.6 is 11.8 Å². The lowest BCUT2D eigenvalue weighted by atomic mass is 9.89. The van der Waals surface area contributed by atoms with Crippen LogP contribution in [0.3, 0.4) is 0 Å². The minimum atomic E-state index is -0.140. The first-order valence-electron chi connectivity index (χ1n) is 9.23. The number of amides is 1. The number of aromatic nitrogens is 3. The third-order valence-corrected chi connectivity index (χ3v) is 5.76. The zero-order valence-corrected chi connectivity index (χ0v) is 15.8. The number of benzene rings is 1. The predicted molar refractivity (Wildman–Crippen MR) is 103 cm³/mol. The number of nitrogens with two attached hydrogens (primary N) is 1. The standard InChI is InChI=1S/C18H23N5O3S/c19-23-17(12-4-2-1-3-5-12)21-22-18(23)27-11-16(24)20-13-6-7-14-15(10-13)26-9-8-25-14/h6-7,10,12H,1-5,8-9,11,19H2,(H,20,24). The second-order valence-corrected chi connectivity index (χ2v) is 7.68. The second-order valence-electron chi connectivity index (χ2n) is 6.74. The number of nitrogens with one attached hydrogen (secondary N) is 1. The summed E-state index contributed by atoms with van der Waals surface area (Å²) in [4.78, 5) is 12.3. The number of anilines is 1. The van der Waals surface area contributed by atoms with Gasteiger partial charge in [0.05, 0.1) is 5.75 Å². The monoisotopic (exact) mass is 389 g/mol. The van der Waals surface area contributed by atoms with Crippen LogP contribution in [0.2, 0.25) is 0 Å². The molecule has 1 aliphatic heterocycles. The highest BCUT2D eigenvalue weighted by Crippen LogP contribution is 2.33. The molecule has 8 nitrogen and oxygen atoms in total. The van der Waals surface area contributed by atoms with Crippen LogP contribution in [-0.2, 0) is 4.79 Å². The molecule has 0 unspecified atom stereocenters. The maximum Gasteiger partial charge on any atom is 0.234 e. The van der Waals surface area contributed by atoms with Crippen molar-refractivity contribution in [1.29, 1.82) is 0 Å². The molecular weight excluding hydrogens is 366 g/mol. The van der Waals surface area contributed by atoms with Crippen LogP contribution in [-0.4, -0.2) is 39.7 Å². The molecule has 1 aliphatic carbocycles. The molecule has 3 N–H and O–H groups in total. The van der Waals surface area contributed by atoms with Crippen molar-refractivity contribution in [2.75, 3.05) is 30.1 Å². The van der Waals surface area contributed by atoms with Crippen molar-refractivity contribution in [1.82, 2.24) is 14.9 Å². The minimum absolute atomic E-state index is 0.140. The second kappa shape index (κ2) is 8.08. The van der Waals surface area contributed by atoms with Gasteiger partial charge in [0, 0.05) is 17.7 Å². The highest BCUT2D eigenvalue weighted by Gasteiger charge is 2.23. The van der Waals surface area contributed by atoms with E-state index in [-0.39, 0.29) is 11.7 Å². The summed E-state index contributed by atoms with van der Waals surface area (Å²) in [5.74, 6) is 8.76. The molecule has 1 fully saturated rings. The van der Waals surface area contributed by atoms with E-state index in [9.17, 15) is 4.79 Å². The molecular formula is C18H23N5O3S. The number of carbonyl (C=O) groups excluding carboxylic acids is 1. The van der Waals surface area contributed by atoms with E-state index in [0.717, 1.165) is 18.7 Å². The number of thioether (sulfide) groups is 1. The minimum Gasteiger partial charge on any atom is -0.486 e. The highest BCUT2D eigenvalue weighted by molar-refractivity contribution is 7.99. The van der Waals surface area contributed by atoms with Crippen molar-refractivity contribution in [2.45, 2.75) is 43.2 Å². The Hall–Kier alpha value is -2.42. The van der Waals surface area contributed by atoms with E-state index in [4.69, 9.17) is 15.3 Å². The van der Waals surface area contributed by atoms with E-state index in [1.54, 1.807) is 18.2 Å². The molecule has 4 rings (SSSR count). The van der Waals surface area contributed by atoms with Crippen LogP contribution in [0.4, 0.5) is 5.69 Å². The summed E-state index contributed by atoms with van der Waals surface area (Å²) in [6.07, 6.45) is 5.89. The third kappa shape index (κ3) is 4.13.